The van der Waals surface area contributed by atoms with E-state index >= 15 is 0 Å². The van der Waals surface area contributed by atoms with E-state index in [0.29, 0.717) is 0 Å². The summed E-state index contributed by atoms with van der Waals surface area (Å²) in [6.07, 6.45) is 5.52. The molecule has 5 nitrogen and oxygen atoms in total. The van der Waals surface area contributed by atoms with Gasteiger partial charge < -0.3 is 9.80 Å². The number of hydrogen-bond acceptors (Lipinski definition) is 4. The van der Waals surface area contributed by atoms with Crippen LogP contribution >= 0.6 is 11.3 Å². The van der Waals surface area contributed by atoms with Crippen molar-refractivity contribution in [3.8, 4) is 0 Å². The molecule has 106 valence electrons. The number of nitrogens with one attached hydrogen (secondary N) is 1. The number of thiophene rings is 1. The number of nitrogens with zero attached hydrogens (tertiary/aromatic N) is 3. The minimum absolute atomic E-state index is 0.0796. The van der Waals surface area contributed by atoms with Crippen LogP contribution in [0.5, 0.6) is 0 Å². The Labute approximate surface area is 122 Å². The Hall–Kier alpha value is -1.66. The average molecular weight is 290 g/mol. The number of likely N-dealkylation sites (tertiary alicyclic amines) is 1. The third-order valence-electron chi connectivity index (χ3n) is 3.77. The molecule has 1 aliphatic rings. The van der Waals surface area contributed by atoms with Crippen molar-refractivity contribution in [1.29, 1.82) is 0 Å². The molecule has 1 fully saturated rings. The van der Waals surface area contributed by atoms with E-state index in [1.54, 1.807) is 12.4 Å². The van der Waals surface area contributed by atoms with Crippen LogP contribution in [-0.4, -0.2) is 47.2 Å². The highest BCUT2D eigenvalue weighted by atomic mass is 32.1. The quantitative estimate of drug-likeness (QED) is 0.943. The van der Waals surface area contributed by atoms with E-state index < -0.39 is 0 Å². The fraction of sp³-hybridized carbons (Fsp3) is 0.429. The average Bonchev–Trinajstić information content (AvgIpc) is 3.13. The fourth-order valence-electron chi connectivity index (χ4n) is 2.64. The Morgan fingerprint density at radius 3 is 2.90 bits per heavy atom. The molecule has 1 aliphatic heterocycles. The largest absolute Gasteiger partial charge is 0.306 e. The minimum atomic E-state index is 0.0796. The smallest absolute Gasteiger partial charge is 0.268 e. The number of carbonyl (C=O) groups is 1. The lowest BCUT2D eigenvalue weighted by Crippen LogP contribution is -2.46. The molecule has 0 bridgehead atoms. The van der Waals surface area contributed by atoms with Crippen molar-refractivity contribution in [2.45, 2.75) is 18.9 Å². The lowest BCUT2D eigenvalue weighted by molar-refractivity contribution is 0.0967. The summed E-state index contributed by atoms with van der Waals surface area (Å²) in [5, 5.41) is 8.74. The SMILES string of the molecule is CN1CCC(N(C(=O)c2cccs2)c2cn[nH]c2)CC1. The highest BCUT2D eigenvalue weighted by Gasteiger charge is 2.29. The number of aromatic nitrogens is 2. The molecule has 1 saturated heterocycles. The second kappa shape index (κ2) is 5.76. The van der Waals surface area contributed by atoms with Crippen molar-refractivity contribution in [3.05, 3.63) is 34.8 Å². The molecule has 20 heavy (non-hydrogen) atoms. The monoisotopic (exact) mass is 290 g/mol. The standard InChI is InChI=1S/C14H18N4OS/c1-17-6-4-11(5-7-17)18(12-9-15-16-10-12)14(19)13-3-2-8-20-13/h2-3,8-11H,4-7H2,1H3,(H,15,16). The lowest BCUT2D eigenvalue weighted by atomic mass is 10.0. The van der Waals surface area contributed by atoms with Gasteiger partial charge >= 0.3 is 0 Å². The molecule has 0 aliphatic carbocycles. The molecule has 2 aromatic rings. The second-order valence-electron chi connectivity index (χ2n) is 5.14. The molecule has 0 atom stereocenters. The van der Waals surface area contributed by atoms with Gasteiger partial charge in [-0.05, 0) is 44.4 Å². The van der Waals surface area contributed by atoms with Crippen molar-refractivity contribution in [2.75, 3.05) is 25.0 Å². The Bertz CT molecular complexity index is 544. The van der Waals surface area contributed by atoms with Crippen molar-refractivity contribution in [1.82, 2.24) is 15.1 Å². The molecule has 0 radical (unpaired) electrons. The summed E-state index contributed by atoms with van der Waals surface area (Å²) in [5.41, 5.74) is 0.859. The fourth-order valence-corrected chi connectivity index (χ4v) is 3.30. The predicted octanol–water partition coefficient (Wildman–Crippen LogP) is 2.21. The molecular formula is C14H18N4OS. The van der Waals surface area contributed by atoms with Crippen LogP contribution in [0.25, 0.3) is 0 Å². The van der Waals surface area contributed by atoms with Crippen LogP contribution in [0, 0.1) is 0 Å². The van der Waals surface area contributed by atoms with Gasteiger partial charge in [0.1, 0.15) is 0 Å². The first-order valence-electron chi connectivity index (χ1n) is 6.80. The zero-order chi connectivity index (χ0) is 13.9. The molecular weight excluding hydrogens is 272 g/mol. The van der Waals surface area contributed by atoms with Crippen LogP contribution < -0.4 is 4.90 Å². The van der Waals surface area contributed by atoms with E-state index in [9.17, 15) is 4.79 Å². The highest BCUT2D eigenvalue weighted by molar-refractivity contribution is 7.12. The summed E-state index contributed by atoms with van der Waals surface area (Å²) < 4.78 is 0. The predicted molar refractivity (Wildman–Crippen MR) is 80.2 cm³/mol. The first kappa shape index (κ1) is 13.3. The first-order valence-corrected chi connectivity index (χ1v) is 7.68. The van der Waals surface area contributed by atoms with E-state index in [-0.39, 0.29) is 11.9 Å². The van der Waals surface area contributed by atoms with E-state index in [1.165, 1.54) is 11.3 Å². The van der Waals surface area contributed by atoms with Gasteiger partial charge in [0.2, 0.25) is 0 Å². The third kappa shape index (κ3) is 2.62. The molecule has 0 saturated carbocycles. The van der Waals surface area contributed by atoms with Gasteiger partial charge in [-0.25, -0.2) is 0 Å². The summed E-state index contributed by atoms with van der Waals surface area (Å²) in [6.45, 7) is 2.05. The summed E-state index contributed by atoms with van der Waals surface area (Å²) in [7, 11) is 2.12. The highest BCUT2D eigenvalue weighted by Crippen LogP contribution is 2.25. The summed E-state index contributed by atoms with van der Waals surface area (Å²) >= 11 is 1.49. The molecule has 0 aromatic carbocycles. The van der Waals surface area contributed by atoms with Crippen LogP contribution in [0.15, 0.2) is 29.9 Å². The number of carbonyl (C=O) groups excluding carboxylic acids is 1. The normalized spacial score (nSPS) is 17.2. The molecule has 1 amide bonds. The van der Waals surface area contributed by atoms with Crippen LogP contribution in [0.3, 0.4) is 0 Å². The maximum atomic E-state index is 12.8. The number of anilines is 1. The number of aromatic amines is 1. The van der Waals surface area contributed by atoms with Gasteiger partial charge in [-0.2, -0.15) is 5.10 Å². The van der Waals surface area contributed by atoms with Crippen LogP contribution in [0.4, 0.5) is 5.69 Å². The Morgan fingerprint density at radius 1 is 1.50 bits per heavy atom. The maximum Gasteiger partial charge on any atom is 0.268 e. The third-order valence-corrected chi connectivity index (χ3v) is 4.62. The topological polar surface area (TPSA) is 52.2 Å². The van der Waals surface area contributed by atoms with Crippen LogP contribution in [-0.2, 0) is 0 Å². The van der Waals surface area contributed by atoms with E-state index in [1.807, 2.05) is 22.4 Å². The van der Waals surface area contributed by atoms with Crippen molar-refractivity contribution in [3.63, 3.8) is 0 Å². The molecule has 0 unspecified atom stereocenters. The number of hydrogen-bond donors (Lipinski definition) is 1. The Kier molecular flexibility index (Phi) is 3.84. The molecule has 2 aromatic heterocycles. The molecule has 0 spiro atoms. The van der Waals surface area contributed by atoms with Crippen molar-refractivity contribution < 1.29 is 4.79 Å². The number of amides is 1. The molecule has 3 heterocycles. The zero-order valence-corrected chi connectivity index (χ0v) is 12.3. The number of piperidine rings is 1. The Balaban J connectivity index is 1.87. The van der Waals surface area contributed by atoms with Crippen LogP contribution in [0.2, 0.25) is 0 Å². The van der Waals surface area contributed by atoms with Gasteiger partial charge in [0.05, 0.1) is 16.8 Å². The van der Waals surface area contributed by atoms with Gasteiger partial charge in [0.25, 0.3) is 5.91 Å². The van der Waals surface area contributed by atoms with Gasteiger partial charge in [-0.1, -0.05) is 6.07 Å². The van der Waals surface area contributed by atoms with Gasteiger partial charge in [0.15, 0.2) is 0 Å². The van der Waals surface area contributed by atoms with Crippen molar-refractivity contribution >= 4 is 22.9 Å². The van der Waals surface area contributed by atoms with E-state index in [2.05, 4.69) is 22.1 Å². The minimum Gasteiger partial charge on any atom is -0.306 e. The molecule has 1 N–H and O–H groups in total. The van der Waals surface area contributed by atoms with Gasteiger partial charge in [0, 0.05) is 12.2 Å². The van der Waals surface area contributed by atoms with E-state index in [4.69, 9.17) is 0 Å². The number of H-pyrrole nitrogens is 1. The van der Waals surface area contributed by atoms with Gasteiger partial charge in [-0.15, -0.1) is 11.3 Å². The van der Waals surface area contributed by atoms with Crippen molar-refractivity contribution in [2.24, 2.45) is 0 Å². The Morgan fingerprint density at radius 2 is 2.30 bits per heavy atom. The second-order valence-corrected chi connectivity index (χ2v) is 6.09. The van der Waals surface area contributed by atoms with Gasteiger partial charge in [-0.3, -0.25) is 9.89 Å². The summed E-state index contributed by atoms with van der Waals surface area (Å²) in [5.74, 6) is 0.0796. The maximum absolute atomic E-state index is 12.8. The number of rotatable bonds is 3. The molecule has 3 rings (SSSR count). The summed E-state index contributed by atoms with van der Waals surface area (Å²) in [4.78, 5) is 17.8. The van der Waals surface area contributed by atoms with E-state index in [0.717, 1.165) is 36.5 Å². The summed E-state index contributed by atoms with van der Waals surface area (Å²) in [6, 6.07) is 4.05. The van der Waals surface area contributed by atoms with Crippen LogP contribution in [0.1, 0.15) is 22.5 Å². The first-order chi connectivity index (χ1) is 9.75. The lowest BCUT2D eigenvalue weighted by Gasteiger charge is -2.36. The zero-order valence-electron chi connectivity index (χ0n) is 11.5. The molecule has 6 heteroatoms.